The molecule has 0 amide bonds. The Balaban J connectivity index is 2.98. The summed E-state index contributed by atoms with van der Waals surface area (Å²) in [7, 11) is 0. The van der Waals surface area contributed by atoms with Gasteiger partial charge in [-0.3, -0.25) is 0 Å². The molecule has 0 bridgehead atoms. The summed E-state index contributed by atoms with van der Waals surface area (Å²) in [6, 6.07) is 0.869. The number of aromatic carboxylic acids is 1. The number of carboxylic acid groups (broad SMARTS) is 1. The Kier molecular flexibility index (Phi) is 3.54. The highest BCUT2D eigenvalue weighted by Gasteiger charge is 2.28. The summed E-state index contributed by atoms with van der Waals surface area (Å²) in [5, 5.41) is 9.97. The van der Waals surface area contributed by atoms with E-state index in [4.69, 9.17) is 5.11 Å². The normalized spacial score (nSPS) is 11.4. The average Bonchev–Trinajstić information content (AvgIpc) is 2.14. The molecule has 1 aromatic carbocycles. The standard InChI is InChI=1S/C9H6F5NO2/c10-5-1-4(8(16)17)2-6(11)7(5)15-3-9(12,13)14/h1-2,15H,3H2,(H,16,17). The summed E-state index contributed by atoms with van der Waals surface area (Å²) < 4.78 is 61.7. The zero-order valence-electron chi connectivity index (χ0n) is 8.11. The lowest BCUT2D eigenvalue weighted by molar-refractivity contribution is -0.115. The van der Waals surface area contributed by atoms with Crippen molar-refractivity contribution in [3.8, 4) is 0 Å². The van der Waals surface area contributed by atoms with Gasteiger partial charge in [-0.05, 0) is 12.1 Å². The van der Waals surface area contributed by atoms with E-state index in [1.807, 2.05) is 0 Å². The highest BCUT2D eigenvalue weighted by atomic mass is 19.4. The van der Waals surface area contributed by atoms with Gasteiger partial charge in [-0.2, -0.15) is 13.2 Å². The predicted octanol–water partition coefficient (Wildman–Crippen LogP) is 2.64. The van der Waals surface area contributed by atoms with Crippen LogP contribution in [0.25, 0.3) is 0 Å². The summed E-state index contributed by atoms with van der Waals surface area (Å²) in [5.41, 5.74) is -1.69. The third-order valence-electron chi connectivity index (χ3n) is 1.75. The Bertz CT molecular complexity index is 420. The van der Waals surface area contributed by atoms with Crippen molar-refractivity contribution in [1.82, 2.24) is 0 Å². The van der Waals surface area contributed by atoms with Crippen molar-refractivity contribution in [1.29, 1.82) is 0 Å². The van der Waals surface area contributed by atoms with Gasteiger partial charge in [0.25, 0.3) is 0 Å². The monoisotopic (exact) mass is 255 g/mol. The molecule has 0 aromatic heterocycles. The number of carboxylic acids is 1. The van der Waals surface area contributed by atoms with Crippen LogP contribution in [0.15, 0.2) is 12.1 Å². The summed E-state index contributed by atoms with van der Waals surface area (Å²) in [6.07, 6.45) is -4.63. The summed E-state index contributed by atoms with van der Waals surface area (Å²) >= 11 is 0. The molecule has 0 saturated heterocycles. The van der Waals surface area contributed by atoms with Crippen LogP contribution in [-0.2, 0) is 0 Å². The van der Waals surface area contributed by atoms with Crippen LogP contribution in [0, 0.1) is 11.6 Å². The van der Waals surface area contributed by atoms with Gasteiger partial charge in [0.1, 0.15) is 23.9 Å². The average molecular weight is 255 g/mol. The van der Waals surface area contributed by atoms with Crippen LogP contribution in [0.2, 0.25) is 0 Å². The molecular weight excluding hydrogens is 249 g/mol. The molecule has 0 atom stereocenters. The topological polar surface area (TPSA) is 49.3 Å². The van der Waals surface area contributed by atoms with Gasteiger partial charge in [0.15, 0.2) is 0 Å². The number of benzene rings is 1. The Hall–Kier alpha value is -1.86. The maximum atomic E-state index is 13.1. The van der Waals surface area contributed by atoms with E-state index in [9.17, 15) is 26.7 Å². The molecule has 0 spiro atoms. The smallest absolute Gasteiger partial charge is 0.405 e. The van der Waals surface area contributed by atoms with E-state index in [0.29, 0.717) is 12.1 Å². The molecule has 0 radical (unpaired) electrons. The van der Waals surface area contributed by atoms with Crippen molar-refractivity contribution in [3.63, 3.8) is 0 Å². The van der Waals surface area contributed by atoms with Crippen molar-refractivity contribution in [3.05, 3.63) is 29.3 Å². The van der Waals surface area contributed by atoms with E-state index < -0.39 is 41.6 Å². The van der Waals surface area contributed by atoms with Crippen LogP contribution in [0.5, 0.6) is 0 Å². The highest BCUT2D eigenvalue weighted by molar-refractivity contribution is 5.88. The Morgan fingerprint density at radius 2 is 1.71 bits per heavy atom. The lowest BCUT2D eigenvalue weighted by Gasteiger charge is -2.11. The summed E-state index contributed by atoms with van der Waals surface area (Å²) in [5.74, 6) is -4.37. The third kappa shape index (κ3) is 3.58. The first-order valence-corrected chi connectivity index (χ1v) is 4.23. The van der Waals surface area contributed by atoms with Crippen molar-refractivity contribution < 1.29 is 31.9 Å². The SMILES string of the molecule is O=C(O)c1cc(F)c(NCC(F)(F)F)c(F)c1. The number of carbonyl (C=O) groups is 1. The number of alkyl halides is 3. The van der Waals surface area contributed by atoms with E-state index in [0.717, 1.165) is 0 Å². The minimum atomic E-state index is -4.63. The second kappa shape index (κ2) is 4.56. The van der Waals surface area contributed by atoms with Gasteiger partial charge in [0.2, 0.25) is 0 Å². The van der Waals surface area contributed by atoms with E-state index in [1.165, 1.54) is 5.32 Å². The number of hydrogen-bond acceptors (Lipinski definition) is 2. The summed E-state index contributed by atoms with van der Waals surface area (Å²) in [6.45, 7) is -1.62. The van der Waals surface area contributed by atoms with Crippen molar-refractivity contribution >= 4 is 11.7 Å². The van der Waals surface area contributed by atoms with E-state index in [1.54, 1.807) is 0 Å². The van der Waals surface area contributed by atoms with Crippen LogP contribution in [0.4, 0.5) is 27.6 Å². The molecular formula is C9H6F5NO2. The molecule has 1 aromatic rings. The largest absolute Gasteiger partial charge is 0.478 e. The van der Waals surface area contributed by atoms with Crippen LogP contribution in [-0.4, -0.2) is 23.8 Å². The van der Waals surface area contributed by atoms with Gasteiger partial charge in [-0.15, -0.1) is 0 Å². The molecule has 0 aliphatic rings. The first kappa shape index (κ1) is 13.2. The van der Waals surface area contributed by atoms with Crippen molar-refractivity contribution in [2.75, 3.05) is 11.9 Å². The predicted molar refractivity (Wildman–Crippen MR) is 47.9 cm³/mol. The third-order valence-corrected chi connectivity index (χ3v) is 1.75. The Labute approximate surface area is 91.9 Å². The fourth-order valence-corrected chi connectivity index (χ4v) is 1.05. The van der Waals surface area contributed by atoms with E-state index in [2.05, 4.69) is 0 Å². The maximum Gasteiger partial charge on any atom is 0.405 e. The fourth-order valence-electron chi connectivity index (χ4n) is 1.05. The molecule has 0 fully saturated rings. The molecule has 1 rings (SSSR count). The van der Waals surface area contributed by atoms with Crippen LogP contribution >= 0.6 is 0 Å². The first-order chi connectivity index (χ1) is 7.70. The van der Waals surface area contributed by atoms with Gasteiger partial charge in [-0.25, -0.2) is 13.6 Å². The van der Waals surface area contributed by atoms with Crippen molar-refractivity contribution in [2.24, 2.45) is 0 Å². The number of rotatable bonds is 3. The molecule has 0 aliphatic carbocycles. The number of anilines is 1. The zero-order chi connectivity index (χ0) is 13.2. The van der Waals surface area contributed by atoms with Crippen LogP contribution in [0.3, 0.4) is 0 Å². The minimum Gasteiger partial charge on any atom is -0.478 e. The molecule has 0 heterocycles. The van der Waals surface area contributed by atoms with Gasteiger partial charge < -0.3 is 10.4 Å². The molecule has 0 saturated carbocycles. The van der Waals surface area contributed by atoms with Gasteiger partial charge in [-0.1, -0.05) is 0 Å². The lowest BCUT2D eigenvalue weighted by Crippen LogP contribution is -2.22. The van der Waals surface area contributed by atoms with Crippen LogP contribution in [0.1, 0.15) is 10.4 Å². The second-order valence-electron chi connectivity index (χ2n) is 3.09. The quantitative estimate of drug-likeness (QED) is 0.816. The first-order valence-electron chi connectivity index (χ1n) is 4.23. The van der Waals surface area contributed by atoms with E-state index in [-0.39, 0.29) is 0 Å². The maximum absolute atomic E-state index is 13.1. The van der Waals surface area contributed by atoms with Crippen LogP contribution < -0.4 is 5.32 Å². The highest BCUT2D eigenvalue weighted by Crippen LogP contribution is 2.23. The molecule has 0 unspecified atom stereocenters. The minimum absolute atomic E-state index is 0.435. The fraction of sp³-hybridized carbons (Fsp3) is 0.222. The molecule has 2 N–H and O–H groups in total. The number of hydrogen-bond donors (Lipinski definition) is 2. The Morgan fingerprint density at radius 1 is 1.24 bits per heavy atom. The molecule has 94 valence electrons. The zero-order valence-corrected chi connectivity index (χ0v) is 8.11. The molecule has 3 nitrogen and oxygen atoms in total. The number of nitrogens with one attached hydrogen (secondary N) is 1. The molecule has 17 heavy (non-hydrogen) atoms. The summed E-state index contributed by atoms with van der Waals surface area (Å²) in [4.78, 5) is 10.4. The molecule has 0 aliphatic heterocycles. The van der Waals surface area contributed by atoms with Gasteiger partial charge in [0, 0.05) is 0 Å². The Morgan fingerprint density at radius 3 is 2.06 bits per heavy atom. The second-order valence-corrected chi connectivity index (χ2v) is 3.09. The van der Waals surface area contributed by atoms with E-state index >= 15 is 0 Å². The number of halogens is 5. The van der Waals surface area contributed by atoms with Crippen molar-refractivity contribution in [2.45, 2.75) is 6.18 Å². The van der Waals surface area contributed by atoms with Gasteiger partial charge in [0.05, 0.1) is 5.56 Å². The molecule has 8 heteroatoms. The van der Waals surface area contributed by atoms with Gasteiger partial charge >= 0.3 is 12.1 Å². The lowest BCUT2D eigenvalue weighted by atomic mass is 10.2.